The summed E-state index contributed by atoms with van der Waals surface area (Å²) in [6.07, 6.45) is 2.97. The molecule has 0 heterocycles. The normalized spacial score (nSPS) is 24.6. The number of urea groups is 1. The molecule has 4 N–H and O–H groups in total. The van der Waals surface area contributed by atoms with E-state index >= 15 is 0 Å². The summed E-state index contributed by atoms with van der Waals surface area (Å²) in [5.74, 6) is -0.497. The van der Waals surface area contributed by atoms with E-state index in [1.165, 1.54) is 11.1 Å². The Morgan fingerprint density at radius 1 is 1.27 bits per heavy atom. The highest BCUT2D eigenvalue weighted by Gasteiger charge is 2.61. The number of benzene rings is 1. The van der Waals surface area contributed by atoms with E-state index in [0.29, 0.717) is 0 Å². The Morgan fingerprint density at radius 3 is 2.82 bits per heavy atom. The van der Waals surface area contributed by atoms with Crippen molar-refractivity contribution in [3.05, 3.63) is 35.4 Å². The lowest BCUT2D eigenvalue weighted by molar-refractivity contribution is -0.123. The van der Waals surface area contributed by atoms with Gasteiger partial charge in [-0.15, -0.1) is 0 Å². The zero-order valence-electron chi connectivity index (χ0n) is 12.2. The number of primary amides is 1. The molecule has 0 bridgehead atoms. The van der Waals surface area contributed by atoms with E-state index in [9.17, 15) is 14.4 Å². The van der Waals surface area contributed by atoms with Crippen LogP contribution in [0.3, 0.4) is 0 Å². The molecular weight excluding hydrogens is 282 g/mol. The number of nitrogens with two attached hydrogens (primary N) is 1. The van der Waals surface area contributed by atoms with Gasteiger partial charge in [-0.2, -0.15) is 0 Å². The summed E-state index contributed by atoms with van der Waals surface area (Å²) >= 11 is 0. The van der Waals surface area contributed by atoms with Crippen LogP contribution < -0.4 is 16.4 Å². The fourth-order valence-electron chi connectivity index (χ4n) is 3.56. The number of carbonyl (C=O) groups excluding carboxylic acids is 3. The van der Waals surface area contributed by atoms with Gasteiger partial charge in [0.2, 0.25) is 11.8 Å². The third-order valence-corrected chi connectivity index (χ3v) is 4.70. The van der Waals surface area contributed by atoms with Crippen LogP contribution in [0.2, 0.25) is 0 Å². The smallest absolute Gasteiger partial charge is 0.318 e. The van der Waals surface area contributed by atoms with Crippen LogP contribution in [0.25, 0.3) is 0 Å². The van der Waals surface area contributed by atoms with E-state index in [2.05, 4.69) is 17.4 Å². The molecule has 22 heavy (non-hydrogen) atoms. The van der Waals surface area contributed by atoms with E-state index in [1.807, 2.05) is 17.4 Å². The first kappa shape index (κ1) is 14.6. The number of amides is 4. The van der Waals surface area contributed by atoms with E-state index in [0.717, 1.165) is 19.3 Å². The van der Waals surface area contributed by atoms with Gasteiger partial charge in [-0.05, 0) is 30.4 Å². The molecule has 6 heteroatoms. The van der Waals surface area contributed by atoms with Crippen LogP contribution >= 0.6 is 0 Å². The first-order valence-electron chi connectivity index (χ1n) is 7.48. The molecule has 1 spiro atoms. The molecule has 2 aliphatic rings. The van der Waals surface area contributed by atoms with E-state index in [4.69, 9.17) is 5.73 Å². The Bertz CT molecular complexity index is 643. The van der Waals surface area contributed by atoms with Gasteiger partial charge in [0.25, 0.3) is 0 Å². The number of carbonyl (C=O) groups is 3. The molecule has 1 aromatic carbocycles. The number of nitrogens with one attached hydrogen (secondary N) is 2. The zero-order chi connectivity index (χ0) is 15.7. The molecule has 0 aromatic heterocycles. The molecule has 3 rings (SSSR count). The second-order valence-electron chi connectivity index (χ2n) is 6.02. The quantitative estimate of drug-likeness (QED) is 0.758. The number of fused-ring (bicyclic) bond motifs is 2. The maximum atomic E-state index is 12.2. The fourth-order valence-corrected chi connectivity index (χ4v) is 3.56. The summed E-state index contributed by atoms with van der Waals surface area (Å²) in [5, 5.41) is 4.75. The van der Waals surface area contributed by atoms with Crippen molar-refractivity contribution >= 4 is 17.8 Å². The minimum atomic E-state index is -0.875. The molecule has 2 atom stereocenters. The van der Waals surface area contributed by atoms with Gasteiger partial charge in [0, 0.05) is 24.3 Å². The molecule has 1 fully saturated rings. The minimum absolute atomic E-state index is 0.00430. The standard InChI is InChI=1S/C16H19N3O3/c17-15(22)19-13(20)6-8-18-14(21)12-9-16(12)7-5-10-3-1-2-4-11(10)16/h1-4,12H,5-9H2,(H,18,21)(H3,17,19,20,22)/t12-,16-/m1/s1. The van der Waals surface area contributed by atoms with E-state index in [-0.39, 0.29) is 30.2 Å². The van der Waals surface area contributed by atoms with Crippen LogP contribution in [0.1, 0.15) is 30.4 Å². The lowest BCUT2D eigenvalue weighted by Gasteiger charge is -2.11. The second kappa shape index (κ2) is 5.44. The third kappa shape index (κ3) is 2.56. The number of aryl methyl sites for hydroxylation is 1. The molecule has 4 amide bonds. The highest BCUT2D eigenvalue weighted by Crippen LogP contribution is 2.61. The summed E-state index contributed by atoms with van der Waals surface area (Å²) in [4.78, 5) is 34.0. The van der Waals surface area contributed by atoms with Crippen molar-refractivity contribution in [2.75, 3.05) is 6.54 Å². The van der Waals surface area contributed by atoms with Gasteiger partial charge in [-0.1, -0.05) is 24.3 Å². The summed E-state index contributed by atoms with van der Waals surface area (Å²) in [6.45, 7) is 0.214. The van der Waals surface area contributed by atoms with Gasteiger partial charge < -0.3 is 11.1 Å². The predicted molar refractivity (Wildman–Crippen MR) is 79.9 cm³/mol. The fraction of sp³-hybridized carbons (Fsp3) is 0.438. The van der Waals surface area contributed by atoms with Gasteiger partial charge >= 0.3 is 6.03 Å². The monoisotopic (exact) mass is 301 g/mol. The van der Waals surface area contributed by atoms with E-state index in [1.54, 1.807) is 0 Å². The van der Waals surface area contributed by atoms with Gasteiger partial charge in [0.15, 0.2) is 0 Å². The van der Waals surface area contributed by atoms with Crippen LogP contribution in [-0.4, -0.2) is 24.4 Å². The molecule has 1 saturated carbocycles. The van der Waals surface area contributed by atoms with Crippen molar-refractivity contribution in [2.24, 2.45) is 11.7 Å². The molecule has 0 saturated heterocycles. The van der Waals surface area contributed by atoms with Crippen LogP contribution in [-0.2, 0) is 21.4 Å². The molecule has 0 radical (unpaired) electrons. The van der Waals surface area contributed by atoms with Crippen molar-refractivity contribution in [2.45, 2.75) is 31.1 Å². The Hall–Kier alpha value is -2.37. The summed E-state index contributed by atoms with van der Waals surface area (Å²) in [5.41, 5.74) is 7.51. The Morgan fingerprint density at radius 2 is 2.05 bits per heavy atom. The summed E-state index contributed by atoms with van der Waals surface area (Å²) in [7, 11) is 0. The SMILES string of the molecule is NC(=O)NC(=O)CCNC(=O)[C@H]1C[C@@]12CCc1ccccc12. The highest BCUT2D eigenvalue weighted by molar-refractivity contribution is 5.93. The zero-order valence-corrected chi connectivity index (χ0v) is 12.2. The van der Waals surface area contributed by atoms with Crippen LogP contribution in [0.5, 0.6) is 0 Å². The van der Waals surface area contributed by atoms with Gasteiger partial charge in [0.1, 0.15) is 0 Å². The molecule has 2 aliphatic carbocycles. The molecule has 1 aromatic rings. The third-order valence-electron chi connectivity index (χ3n) is 4.70. The molecule has 0 unspecified atom stereocenters. The summed E-state index contributed by atoms with van der Waals surface area (Å²) < 4.78 is 0. The average molecular weight is 301 g/mol. The number of hydrogen-bond donors (Lipinski definition) is 3. The minimum Gasteiger partial charge on any atom is -0.355 e. The topological polar surface area (TPSA) is 101 Å². The Kier molecular flexibility index (Phi) is 3.60. The van der Waals surface area contributed by atoms with E-state index < -0.39 is 11.9 Å². The molecule has 6 nitrogen and oxygen atoms in total. The Balaban J connectivity index is 1.52. The van der Waals surface area contributed by atoms with Crippen molar-refractivity contribution in [3.8, 4) is 0 Å². The van der Waals surface area contributed by atoms with Gasteiger partial charge in [-0.3, -0.25) is 14.9 Å². The van der Waals surface area contributed by atoms with Crippen molar-refractivity contribution in [3.63, 3.8) is 0 Å². The second-order valence-corrected chi connectivity index (χ2v) is 6.02. The maximum absolute atomic E-state index is 12.2. The van der Waals surface area contributed by atoms with Gasteiger partial charge in [0.05, 0.1) is 0 Å². The number of hydrogen-bond acceptors (Lipinski definition) is 3. The lowest BCUT2D eigenvalue weighted by atomic mass is 9.95. The highest BCUT2D eigenvalue weighted by atomic mass is 16.2. The lowest BCUT2D eigenvalue weighted by Crippen LogP contribution is -2.37. The largest absolute Gasteiger partial charge is 0.355 e. The molecular formula is C16H19N3O3. The Labute approximate surface area is 128 Å². The van der Waals surface area contributed by atoms with Crippen LogP contribution in [0, 0.1) is 5.92 Å². The first-order valence-corrected chi connectivity index (χ1v) is 7.48. The average Bonchev–Trinajstić information content (AvgIpc) is 3.08. The predicted octanol–water partition coefficient (Wildman–Crippen LogP) is 0.592. The van der Waals surface area contributed by atoms with Crippen molar-refractivity contribution in [1.29, 1.82) is 0 Å². The van der Waals surface area contributed by atoms with Gasteiger partial charge in [-0.25, -0.2) is 4.79 Å². The van der Waals surface area contributed by atoms with Crippen molar-refractivity contribution < 1.29 is 14.4 Å². The molecule has 116 valence electrons. The van der Waals surface area contributed by atoms with Crippen molar-refractivity contribution in [1.82, 2.24) is 10.6 Å². The number of rotatable bonds is 4. The van der Waals surface area contributed by atoms with Crippen LogP contribution in [0.15, 0.2) is 24.3 Å². The first-order chi connectivity index (χ1) is 10.5. The molecule has 0 aliphatic heterocycles. The maximum Gasteiger partial charge on any atom is 0.318 e. The summed E-state index contributed by atoms with van der Waals surface area (Å²) in [6, 6.07) is 7.43. The van der Waals surface area contributed by atoms with Crippen LogP contribution in [0.4, 0.5) is 4.79 Å². The number of imide groups is 1.